The van der Waals surface area contributed by atoms with Gasteiger partial charge in [-0.15, -0.1) is 12.4 Å². The molecule has 1 aromatic heterocycles. The quantitative estimate of drug-likeness (QED) is 0.856. The summed E-state index contributed by atoms with van der Waals surface area (Å²) in [6.07, 6.45) is 0. The first-order valence-corrected chi connectivity index (χ1v) is 7.97. The average Bonchev–Trinajstić information content (AvgIpc) is 2.59. The molecule has 1 aromatic carbocycles. The van der Waals surface area contributed by atoms with E-state index in [1.165, 1.54) is 28.9 Å². The highest BCUT2D eigenvalue weighted by Crippen LogP contribution is 2.23. The zero-order chi connectivity index (χ0) is 17.1. The van der Waals surface area contributed by atoms with Crippen LogP contribution >= 0.6 is 12.4 Å². The molecule has 7 nitrogen and oxygen atoms in total. The Bertz CT molecular complexity index is 779. The standard InChI is InChI=1S/C17H21N5O2.ClH/c1-12-4-3-5-14(13(12)2)21-8-10-22(11-9-21)17(24)18-15-6-7-16(23)20-19-15;/h3-7H,8-11H2,1-2H3,(H,20,23)(H,18,19,24);1H. The number of nitrogens with one attached hydrogen (secondary N) is 2. The summed E-state index contributed by atoms with van der Waals surface area (Å²) in [5, 5.41) is 8.79. The highest BCUT2D eigenvalue weighted by atomic mass is 35.5. The van der Waals surface area contributed by atoms with Gasteiger partial charge in [-0.1, -0.05) is 12.1 Å². The second kappa shape index (κ2) is 8.02. The SMILES string of the molecule is Cc1cccc(N2CCN(C(=O)Nc3ccc(=O)[nH]n3)CC2)c1C.Cl. The van der Waals surface area contributed by atoms with Crippen LogP contribution in [0, 0.1) is 13.8 Å². The molecule has 25 heavy (non-hydrogen) atoms. The van der Waals surface area contributed by atoms with Crippen molar-refractivity contribution in [2.45, 2.75) is 13.8 Å². The van der Waals surface area contributed by atoms with Crippen molar-refractivity contribution in [1.29, 1.82) is 0 Å². The van der Waals surface area contributed by atoms with Gasteiger partial charge in [0.25, 0.3) is 5.56 Å². The first-order valence-electron chi connectivity index (χ1n) is 7.97. The number of anilines is 2. The van der Waals surface area contributed by atoms with Gasteiger partial charge < -0.3 is 9.80 Å². The van der Waals surface area contributed by atoms with E-state index in [0.29, 0.717) is 18.9 Å². The van der Waals surface area contributed by atoms with Gasteiger partial charge in [0, 0.05) is 37.9 Å². The third-order valence-electron chi connectivity index (χ3n) is 4.40. The van der Waals surface area contributed by atoms with E-state index in [1.54, 1.807) is 4.90 Å². The number of H-pyrrole nitrogens is 1. The van der Waals surface area contributed by atoms with Crippen molar-refractivity contribution in [3.63, 3.8) is 0 Å². The van der Waals surface area contributed by atoms with Gasteiger partial charge in [0.2, 0.25) is 0 Å². The maximum absolute atomic E-state index is 12.3. The Balaban J connectivity index is 0.00000225. The number of aromatic amines is 1. The summed E-state index contributed by atoms with van der Waals surface area (Å²) in [4.78, 5) is 27.3. The van der Waals surface area contributed by atoms with E-state index in [0.717, 1.165) is 13.1 Å². The number of halogens is 1. The molecule has 1 fully saturated rings. The van der Waals surface area contributed by atoms with Crippen LogP contribution in [0.1, 0.15) is 11.1 Å². The lowest BCUT2D eigenvalue weighted by molar-refractivity contribution is 0.208. The molecule has 0 atom stereocenters. The minimum atomic E-state index is -0.296. The minimum absolute atomic E-state index is 0. The molecule has 0 spiro atoms. The molecule has 0 aliphatic carbocycles. The van der Waals surface area contributed by atoms with Crippen LogP contribution in [-0.2, 0) is 0 Å². The second-order valence-corrected chi connectivity index (χ2v) is 5.93. The van der Waals surface area contributed by atoms with Crippen LogP contribution in [0.3, 0.4) is 0 Å². The van der Waals surface area contributed by atoms with E-state index in [4.69, 9.17) is 0 Å². The van der Waals surface area contributed by atoms with Gasteiger partial charge in [0.1, 0.15) is 0 Å². The van der Waals surface area contributed by atoms with Gasteiger partial charge in [0.15, 0.2) is 5.82 Å². The van der Waals surface area contributed by atoms with Gasteiger partial charge in [-0.25, -0.2) is 9.89 Å². The molecule has 1 aliphatic rings. The molecule has 2 aromatic rings. The maximum Gasteiger partial charge on any atom is 0.323 e. The monoisotopic (exact) mass is 363 g/mol. The second-order valence-electron chi connectivity index (χ2n) is 5.93. The number of urea groups is 1. The average molecular weight is 364 g/mol. The molecule has 8 heteroatoms. The highest BCUT2D eigenvalue weighted by Gasteiger charge is 2.22. The minimum Gasteiger partial charge on any atom is -0.368 e. The van der Waals surface area contributed by atoms with Crippen molar-refractivity contribution in [3.05, 3.63) is 51.8 Å². The van der Waals surface area contributed by atoms with Gasteiger partial charge >= 0.3 is 6.03 Å². The van der Waals surface area contributed by atoms with Gasteiger partial charge in [-0.05, 0) is 37.1 Å². The predicted octanol–water partition coefficient (Wildman–Crippen LogP) is 2.16. The van der Waals surface area contributed by atoms with E-state index in [2.05, 4.69) is 52.5 Å². The number of piperazine rings is 1. The molecule has 2 heterocycles. The summed E-state index contributed by atoms with van der Waals surface area (Å²) in [5.74, 6) is 0.344. The maximum atomic E-state index is 12.3. The molecular weight excluding hydrogens is 342 g/mol. The molecule has 2 N–H and O–H groups in total. The molecule has 1 saturated heterocycles. The summed E-state index contributed by atoms with van der Waals surface area (Å²) in [5.41, 5.74) is 3.50. The topological polar surface area (TPSA) is 81.3 Å². The van der Waals surface area contributed by atoms with Crippen molar-refractivity contribution >= 4 is 29.9 Å². The number of aryl methyl sites for hydroxylation is 1. The number of hydrogen-bond acceptors (Lipinski definition) is 4. The fourth-order valence-electron chi connectivity index (χ4n) is 2.83. The lowest BCUT2D eigenvalue weighted by atomic mass is 10.1. The number of hydrogen-bond donors (Lipinski definition) is 2. The van der Waals surface area contributed by atoms with Crippen molar-refractivity contribution in [2.24, 2.45) is 0 Å². The Morgan fingerprint density at radius 3 is 2.48 bits per heavy atom. The molecular formula is C17H22ClN5O2. The van der Waals surface area contributed by atoms with E-state index in [1.807, 2.05) is 0 Å². The molecule has 0 radical (unpaired) electrons. The number of carbonyl (C=O) groups excluding carboxylic acids is 1. The third kappa shape index (κ3) is 4.30. The zero-order valence-corrected chi connectivity index (χ0v) is 15.1. The summed E-state index contributed by atoms with van der Waals surface area (Å²) < 4.78 is 0. The first kappa shape index (κ1) is 18.8. The largest absolute Gasteiger partial charge is 0.368 e. The molecule has 0 saturated carbocycles. The van der Waals surface area contributed by atoms with Crippen LogP contribution in [0.25, 0.3) is 0 Å². The predicted molar refractivity (Wildman–Crippen MR) is 101 cm³/mol. The number of aromatic nitrogens is 2. The highest BCUT2D eigenvalue weighted by molar-refractivity contribution is 5.88. The Morgan fingerprint density at radius 2 is 1.84 bits per heavy atom. The summed E-state index contributed by atoms with van der Waals surface area (Å²) in [7, 11) is 0. The van der Waals surface area contributed by atoms with Gasteiger partial charge in [-0.3, -0.25) is 10.1 Å². The van der Waals surface area contributed by atoms with E-state index in [-0.39, 0.29) is 24.0 Å². The smallest absolute Gasteiger partial charge is 0.323 e. The Hall–Kier alpha value is -2.54. The van der Waals surface area contributed by atoms with Crippen molar-refractivity contribution in [2.75, 3.05) is 36.4 Å². The number of carbonyl (C=O) groups is 1. The van der Waals surface area contributed by atoms with Crippen LogP contribution in [0.5, 0.6) is 0 Å². The summed E-state index contributed by atoms with van der Waals surface area (Å²) >= 11 is 0. The lowest BCUT2D eigenvalue weighted by Crippen LogP contribution is -2.50. The number of rotatable bonds is 2. The fourth-order valence-corrected chi connectivity index (χ4v) is 2.83. The zero-order valence-electron chi connectivity index (χ0n) is 14.3. The number of benzene rings is 1. The number of nitrogens with zero attached hydrogens (tertiary/aromatic N) is 3. The van der Waals surface area contributed by atoms with E-state index >= 15 is 0 Å². The third-order valence-corrected chi connectivity index (χ3v) is 4.40. The molecule has 0 bridgehead atoms. The molecule has 134 valence electrons. The van der Waals surface area contributed by atoms with Crippen molar-refractivity contribution < 1.29 is 4.79 Å². The molecule has 3 rings (SSSR count). The van der Waals surface area contributed by atoms with Gasteiger partial charge in [0.05, 0.1) is 0 Å². The lowest BCUT2D eigenvalue weighted by Gasteiger charge is -2.36. The van der Waals surface area contributed by atoms with Crippen LogP contribution in [0.15, 0.2) is 35.1 Å². The Morgan fingerprint density at radius 1 is 1.12 bits per heavy atom. The summed E-state index contributed by atoms with van der Waals surface area (Å²) in [6.45, 7) is 7.10. The first-order chi connectivity index (χ1) is 11.5. The molecule has 0 unspecified atom stereocenters. The van der Waals surface area contributed by atoms with Crippen molar-refractivity contribution in [1.82, 2.24) is 15.1 Å². The number of amides is 2. The summed E-state index contributed by atoms with van der Waals surface area (Å²) in [6, 6.07) is 8.93. The van der Waals surface area contributed by atoms with Crippen molar-refractivity contribution in [3.8, 4) is 0 Å². The molecule has 2 amide bonds. The van der Waals surface area contributed by atoms with E-state index < -0.39 is 0 Å². The Labute approximate surface area is 152 Å². The van der Waals surface area contributed by atoms with Crippen LogP contribution in [-0.4, -0.2) is 47.3 Å². The van der Waals surface area contributed by atoms with Crippen LogP contribution in [0.2, 0.25) is 0 Å². The molecule has 1 aliphatic heterocycles. The fraction of sp³-hybridized carbons (Fsp3) is 0.353. The van der Waals surface area contributed by atoms with E-state index in [9.17, 15) is 9.59 Å². The Kier molecular flexibility index (Phi) is 6.03. The normalized spacial score (nSPS) is 14.0. The van der Waals surface area contributed by atoms with Crippen LogP contribution < -0.4 is 15.8 Å². The van der Waals surface area contributed by atoms with Crippen LogP contribution in [0.4, 0.5) is 16.3 Å². The van der Waals surface area contributed by atoms with Gasteiger partial charge in [-0.2, -0.15) is 5.10 Å².